The fourth-order valence-electron chi connectivity index (χ4n) is 1.88. The van der Waals surface area contributed by atoms with Crippen LogP contribution < -0.4 is 4.90 Å². The summed E-state index contributed by atoms with van der Waals surface area (Å²) in [6.07, 6.45) is 4.23. The minimum Gasteiger partial charge on any atom is -0.376 e. The molecule has 4 nitrogen and oxygen atoms in total. The van der Waals surface area contributed by atoms with E-state index in [-0.39, 0.29) is 0 Å². The summed E-state index contributed by atoms with van der Waals surface area (Å²) >= 11 is 0. The molecule has 1 aliphatic heterocycles. The van der Waals surface area contributed by atoms with E-state index in [9.17, 15) is 0 Å². The van der Waals surface area contributed by atoms with Crippen molar-refractivity contribution in [3.05, 3.63) is 23.9 Å². The summed E-state index contributed by atoms with van der Waals surface area (Å²) < 4.78 is 5.57. The van der Waals surface area contributed by atoms with Gasteiger partial charge in [-0.1, -0.05) is 0 Å². The van der Waals surface area contributed by atoms with Gasteiger partial charge in [-0.2, -0.15) is 5.26 Å². The Morgan fingerprint density at radius 2 is 2.56 bits per heavy atom. The number of pyridine rings is 1. The molecule has 84 valence electrons. The molecule has 0 aliphatic carbocycles. The lowest BCUT2D eigenvalue weighted by molar-refractivity contribution is 0.116. The molecule has 0 amide bonds. The number of hydrogen-bond donors (Lipinski definition) is 0. The highest BCUT2D eigenvalue weighted by Gasteiger charge is 2.18. The van der Waals surface area contributed by atoms with Gasteiger partial charge in [-0.3, -0.25) is 0 Å². The van der Waals surface area contributed by atoms with Gasteiger partial charge < -0.3 is 9.64 Å². The molecule has 0 bridgehead atoms. The lowest BCUT2D eigenvalue weighted by Crippen LogP contribution is -2.29. The van der Waals surface area contributed by atoms with Crippen molar-refractivity contribution >= 4 is 5.82 Å². The maximum absolute atomic E-state index is 8.81. The van der Waals surface area contributed by atoms with Gasteiger partial charge in [0.15, 0.2) is 0 Å². The molecule has 1 aromatic heterocycles. The summed E-state index contributed by atoms with van der Waals surface area (Å²) in [5.74, 6) is 0.828. The topological polar surface area (TPSA) is 49.1 Å². The zero-order valence-electron chi connectivity index (χ0n) is 9.39. The van der Waals surface area contributed by atoms with E-state index < -0.39 is 0 Å². The van der Waals surface area contributed by atoms with Crippen LogP contribution in [0.2, 0.25) is 0 Å². The first-order chi connectivity index (χ1) is 7.79. The predicted molar refractivity (Wildman–Crippen MR) is 61.2 cm³/mol. The van der Waals surface area contributed by atoms with Gasteiger partial charge in [0.1, 0.15) is 5.82 Å². The van der Waals surface area contributed by atoms with Crippen molar-refractivity contribution in [2.45, 2.75) is 18.9 Å². The highest BCUT2D eigenvalue weighted by Crippen LogP contribution is 2.16. The average molecular weight is 217 g/mol. The number of nitriles is 1. The average Bonchev–Trinajstić information content (AvgIpc) is 2.82. The summed E-state index contributed by atoms with van der Waals surface area (Å²) in [6.45, 7) is 1.70. The van der Waals surface area contributed by atoms with Crippen LogP contribution in [-0.2, 0) is 4.74 Å². The predicted octanol–water partition coefficient (Wildman–Crippen LogP) is 1.57. The summed E-state index contributed by atoms with van der Waals surface area (Å²) in [4.78, 5) is 6.29. The van der Waals surface area contributed by atoms with Crippen molar-refractivity contribution in [2.75, 3.05) is 25.1 Å². The first kappa shape index (κ1) is 10.9. The van der Waals surface area contributed by atoms with Gasteiger partial charge in [0.2, 0.25) is 0 Å². The van der Waals surface area contributed by atoms with E-state index in [4.69, 9.17) is 10.00 Å². The molecule has 0 spiro atoms. The molecular formula is C12H15N3O. The quantitative estimate of drug-likeness (QED) is 0.771. The molecule has 2 heterocycles. The molecule has 1 saturated heterocycles. The first-order valence-electron chi connectivity index (χ1n) is 5.48. The van der Waals surface area contributed by atoms with Gasteiger partial charge in [0.05, 0.1) is 17.7 Å². The van der Waals surface area contributed by atoms with Crippen molar-refractivity contribution in [1.82, 2.24) is 4.98 Å². The van der Waals surface area contributed by atoms with Crippen molar-refractivity contribution in [3.63, 3.8) is 0 Å². The first-order valence-corrected chi connectivity index (χ1v) is 5.48. The number of nitrogens with zero attached hydrogens (tertiary/aromatic N) is 3. The van der Waals surface area contributed by atoms with Gasteiger partial charge in [-0.25, -0.2) is 4.98 Å². The Bertz CT molecular complexity index is 393. The number of ether oxygens (including phenoxy) is 1. The minimum atomic E-state index is 0.303. The fraction of sp³-hybridized carbons (Fsp3) is 0.500. The lowest BCUT2D eigenvalue weighted by Gasteiger charge is -2.21. The maximum Gasteiger partial charge on any atom is 0.129 e. The van der Waals surface area contributed by atoms with E-state index in [0.29, 0.717) is 11.7 Å². The Labute approximate surface area is 95.5 Å². The fourth-order valence-corrected chi connectivity index (χ4v) is 1.88. The number of aromatic nitrogens is 1. The molecular weight excluding hydrogens is 202 g/mol. The SMILES string of the molecule is CN(CC1CCCO1)c1cc(C#N)ccn1. The Morgan fingerprint density at radius 3 is 3.25 bits per heavy atom. The monoisotopic (exact) mass is 217 g/mol. The minimum absolute atomic E-state index is 0.303. The highest BCUT2D eigenvalue weighted by molar-refractivity contribution is 5.44. The zero-order chi connectivity index (χ0) is 11.4. The molecule has 0 radical (unpaired) electrons. The van der Waals surface area contributed by atoms with Crippen LogP contribution in [-0.4, -0.2) is 31.3 Å². The molecule has 4 heteroatoms. The van der Waals surface area contributed by atoms with Crippen LogP contribution in [0.25, 0.3) is 0 Å². The van der Waals surface area contributed by atoms with Gasteiger partial charge >= 0.3 is 0 Å². The Balaban J connectivity index is 2.02. The van der Waals surface area contributed by atoms with Gasteiger partial charge in [0.25, 0.3) is 0 Å². The van der Waals surface area contributed by atoms with E-state index in [1.54, 1.807) is 18.3 Å². The van der Waals surface area contributed by atoms with Crippen LogP contribution in [0.4, 0.5) is 5.82 Å². The second kappa shape index (κ2) is 4.95. The number of rotatable bonds is 3. The number of likely N-dealkylation sites (N-methyl/N-ethyl adjacent to an activating group) is 1. The molecule has 2 rings (SSSR count). The van der Waals surface area contributed by atoms with Gasteiger partial charge in [0, 0.05) is 26.4 Å². The van der Waals surface area contributed by atoms with Crippen LogP contribution >= 0.6 is 0 Å². The van der Waals surface area contributed by atoms with Crippen molar-refractivity contribution in [1.29, 1.82) is 5.26 Å². The molecule has 0 aromatic carbocycles. The Morgan fingerprint density at radius 1 is 1.69 bits per heavy atom. The molecule has 0 N–H and O–H groups in total. The van der Waals surface area contributed by atoms with Crippen molar-refractivity contribution in [3.8, 4) is 6.07 Å². The molecule has 1 atom stereocenters. The third kappa shape index (κ3) is 2.50. The van der Waals surface area contributed by atoms with E-state index in [2.05, 4.69) is 11.1 Å². The maximum atomic E-state index is 8.81. The van der Waals surface area contributed by atoms with E-state index in [1.165, 1.54) is 0 Å². The molecule has 1 fully saturated rings. The summed E-state index contributed by atoms with van der Waals surface area (Å²) in [5.41, 5.74) is 0.643. The lowest BCUT2D eigenvalue weighted by atomic mass is 10.2. The Hall–Kier alpha value is -1.60. The number of anilines is 1. The van der Waals surface area contributed by atoms with E-state index in [1.807, 2.05) is 11.9 Å². The molecule has 1 aromatic rings. The van der Waals surface area contributed by atoms with Gasteiger partial charge in [-0.05, 0) is 25.0 Å². The normalized spacial score (nSPS) is 19.4. The second-order valence-electron chi connectivity index (χ2n) is 4.03. The molecule has 1 aliphatic rings. The van der Waals surface area contributed by atoms with Crippen molar-refractivity contribution < 1.29 is 4.74 Å². The van der Waals surface area contributed by atoms with Crippen LogP contribution in [0.5, 0.6) is 0 Å². The van der Waals surface area contributed by atoms with Crippen LogP contribution in [0.3, 0.4) is 0 Å². The largest absolute Gasteiger partial charge is 0.376 e. The molecule has 0 saturated carbocycles. The Kier molecular flexibility index (Phi) is 3.37. The van der Waals surface area contributed by atoms with Crippen LogP contribution in [0.1, 0.15) is 18.4 Å². The standard InChI is InChI=1S/C12H15N3O/c1-15(9-11-3-2-6-16-11)12-7-10(8-13)4-5-14-12/h4-5,7,11H,2-3,6,9H2,1H3. The third-order valence-electron chi connectivity index (χ3n) is 2.77. The van der Waals surface area contributed by atoms with Crippen LogP contribution in [0, 0.1) is 11.3 Å². The van der Waals surface area contributed by atoms with E-state index in [0.717, 1.165) is 31.8 Å². The summed E-state index contributed by atoms with van der Waals surface area (Å²) in [6, 6.07) is 5.63. The highest BCUT2D eigenvalue weighted by atomic mass is 16.5. The van der Waals surface area contributed by atoms with Crippen LogP contribution in [0.15, 0.2) is 18.3 Å². The zero-order valence-corrected chi connectivity index (χ0v) is 9.39. The summed E-state index contributed by atoms with van der Waals surface area (Å²) in [7, 11) is 1.98. The van der Waals surface area contributed by atoms with E-state index >= 15 is 0 Å². The summed E-state index contributed by atoms with van der Waals surface area (Å²) in [5, 5.41) is 8.81. The van der Waals surface area contributed by atoms with Gasteiger partial charge in [-0.15, -0.1) is 0 Å². The molecule has 1 unspecified atom stereocenters. The molecule has 16 heavy (non-hydrogen) atoms. The smallest absolute Gasteiger partial charge is 0.129 e. The van der Waals surface area contributed by atoms with Crippen molar-refractivity contribution in [2.24, 2.45) is 0 Å². The third-order valence-corrected chi connectivity index (χ3v) is 2.77. The second-order valence-corrected chi connectivity index (χ2v) is 4.03. The number of hydrogen-bond acceptors (Lipinski definition) is 4.